The van der Waals surface area contributed by atoms with Crippen LogP contribution in [0.1, 0.15) is 24.9 Å². The molecule has 0 radical (unpaired) electrons. The Labute approximate surface area is 94.0 Å². The van der Waals surface area contributed by atoms with Crippen molar-refractivity contribution in [3.63, 3.8) is 0 Å². The minimum atomic E-state index is -0.0779. The molecule has 2 N–H and O–H groups in total. The Balaban J connectivity index is 3.14. The summed E-state index contributed by atoms with van der Waals surface area (Å²) < 4.78 is 5.04. The van der Waals surface area contributed by atoms with E-state index >= 15 is 0 Å². The second-order valence-corrected chi connectivity index (χ2v) is 3.84. The number of hydrogen-bond acceptors (Lipinski definition) is 2. The molecule has 0 amide bonds. The van der Waals surface area contributed by atoms with Crippen molar-refractivity contribution in [2.24, 2.45) is 5.73 Å². The van der Waals surface area contributed by atoms with E-state index < -0.39 is 0 Å². The molecule has 0 bridgehead atoms. The van der Waals surface area contributed by atoms with Crippen molar-refractivity contribution in [2.75, 3.05) is 7.11 Å². The van der Waals surface area contributed by atoms with Gasteiger partial charge in [0, 0.05) is 17.1 Å². The van der Waals surface area contributed by atoms with E-state index in [-0.39, 0.29) is 6.04 Å². The summed E-state index contributed by atoms with van der Waals surface area (Å²) in [5, 5.41) is 1.14. The maximum absolute atomic E-state index is 6.04. The third-order valence-electron chi connectivity index (χ3n) is 2.11. The van der Waals surface area contributed by atoms with Crippen LogP contribution in [0.25, 0.3) is 0 Å². The summed E-state index contributed by atoms with van der Waals surface area (Å²) in [5.74, 6) is 0.573. The Kier molecular flexibility index (Phi) is 4.05. The van der Waals surface area contributed by atoms with Crippen molar-refractivity contribution in [1.82, 2.24) is 0 Å². The molecule has 14 heavy (non-hydrogen) atoms. The fourth-order valence-electron chi connectivity index (χ4n) is 1.20. The Morgan fingerprint density at radius 3 is 2.50 bits per heavy atom. The van der Waals surface area contributed by atoms with E-state index in [1.165, 1.54) is 0 Å². The molecule has 0 saturated carbocycles. The molecule has 78 valence electrons. The number of nitrogens with two attached hydrogens (primary N) is 1. The van der Waals surface area contributed by atoms with Crippen molar-refractivity contribution in [2.45, 2.75) is 19.4 Å². The van der Waals surface area contributed by atoms with Crippen molar-refractivity contribution < 1.29 is 4.74 Å². The highest BCUT2D eigenvalue weighted by Gasteiger charge is 2.12. The molecule has 0 spiro atoms. The minimum Gasteiger partial charge on any atom is -0.495 e. The molecule has 1 aromatic carbocycles. The Bertz CT molecular complexity index is 328. The molecule has 0 aliphatic carbocycles. The van der Waals surface area contributed by atoms with E-state index in [1.807, 2.05) is 6.92 Å². The van der Waals surface area contributed by atoms with Crippen LogP contribution in [-0.4, -0.2) is 7.11 Å². The third-order valence-corrected chi connectivity index (χ3v) is 2.73. The molecule has 0 unspecified atom stereocenters. The summed E-state index contributed by atoms with van der Waals surface area (Å²) in [6.45, 7) is 2.00. The van der Waals surface area contributed by atoms with Gasteiger partial charge in [0.25, 0.3) is 0 Å². The number of hydrogen-bond donors (Lipinski definition) is 1. The highest BCUT2D eigenvalue weighted by Crippen LogP contribution is 2.33. The van der Waals surface area contributed by atoms with Gasteiger partial charge in [-0.25, -0.2) is 0 Å². The molecule has 0 aliphatic rings. The minimum absolute atomic E-state index is 0.0779. The number of benzene rings is 1. The van der Waals surface area contributed by atoms with Gasteiger partial charge in [0.05, 0.1) is 12.1 Å². The van der Waals surface area contributed by atoms with Gasteiger partial charge in [0.15, 0.2) is 0 Å². The highest BCUT2D eigenvalue weighted by atomic mass is 35.5. The first kappa shape index (κ1) is 11.6. The second kappa shape index (κ2) is 4.87. The van der Waals surface area contributed by atoms with Crippen LogP contribution in [-0.2, 0) is 0 Å². The predicted molar refractivity (Wildman–Crippen MR) is 60.2 cm³/mol. The van der Waals surface area contributed by atoms with Gasteiger partial charge in [-0.2, -0.15) is 0 Å². The maximum atomic E-state index is 6.04. The topological polar surface area (TPSA) is 35.2 Å². The van der Waals surface area contributed by atoms with Gasteiger partial charge in [-0.15, -0.1) is 0 Å². The average Bonchev–Trinajstić information content (AvgIpc) is 2.19. The van der Waals surface area contributed by atoms with Crippen LogP contribution in [0.3, 0.4) is 0 Å². The van der Waals surface area contributed by atoms with Crippen LogP contribution < -0.4 is 10.5 Å². The zero-order valence-corrected chi connectivity index (χ0v) is 9.69. The third kappa shape index (κ3) is 2.32. The lowest BCUT2D eigenvalue weighted by Gasteiger charge is -2.13. The molecular weight excluding hydrogens is 221 g/mol. The van der Waals surface area contributed by atoms with Crippen LogP contribution in [0.5, 0.6) is 5.75 Å². The molecule has 1 atom stereocenters. The summed E-state index contributed by atoms with van der Waals surface area (Å²) in [4.78, 5) is 0. The van der Waals surface area contributed by atoms with E-state index in [0.717, 1.165) is 12.0 Å². The van der Waals surface area contributed by atoms with E-state index in [2.05, 4.69) is 0 Å². The van der Waals surface area contributed by atoms with Gasteiger partial charge in [0.1, 0.15) is 5.75 Å². The molecule has 2 nitrogen and oxygen atoms in total. The molecule has 0 aromatic heterocycles. The normalized spacial score (nSPS) is 12.6. The zero-order valence-electron chi connectivity index (χ0n) is 8.18. The number of ether oxygens (including phenoxy) is 1. The smallest absolute Gasteiger partial charge is 0.138 e. The molecule has 0 saturated heterocycles. The predicted octanol–water partition coefficient (Wildman–Crippen LogP) is 3.41. The van der Waals surface area contributed by atoms with Gasteiger partial charge >= 0.3 is 0 Å². The lowest BCUT2D eigenvalue weighted by molar-refractivity contribution is 0.414. The van der Waals surface area contributed by atoms with Crippen molar-refractivity contribution >= 4 is 23.2 Å². The van der Waals surface area contributed by atoms with Crippen molar-refractivity contribution in [3.05, 3.63) is 27.7 Å². The first-order chi connectivity index (χ1) is 6.60. The molecule has 0 heterocycles. The van der Waals surface area contributed by atoms with Crippen LogP contribution >= 0.6 is 23.2 Å². The summed E-state index contributed by atoms with van der Waals surface area (Å²) in [6, 6.07) is 3.37. The molecular formula is C10H13Cl2NO. The lowest BCUT2D eigenvalue weighted by Crippen LogP contribution is -2.09. The van der Waals surface area contributed by atoms with Crippen LogP contribution in [0.4, 0.5) is 0 Å². The van der Waals surface area contributed by atoms with Gasteiger partial charge in [-0.3, -0.25) is 0 Å². The fraction of sp³-hybridized carbons (Fsp3) is 0.400. The monoisotopic (exact) mass is 233 g/mol. The summed E-state index contributed by atoms with van der Waals surface area (Å²) >= 11 is 12.0. The number of halogens is 2. The van der Waals surface area contributed by atoms with Gasteiger partial charge in [-0.05, 0) is 18.1 Å². The van der Waals surface area contributed by atoms with E-state index in [4.69, 9.17) is 33.7 Å². The Morgan fingerprint density at radius 1 is 1.36 bits per heavy atom. The SMILES string of the molecule is CC[C@@H](N)c1cc(Cl)c(OC)cc1Cl. The second-order valence-electron chi connectivity index (χ2n) is 3.02. The molecule has 1 aromatic rings. The van der Waals surface area contributed by atoms with Crippen molar-refractivity contribution in [1.29, 1.82) is 0 Å². The van der Waals surface area contributed by atoms with Crippen LogP contribution in [0.15, 0.2) is 12.1 Å². The first-order valence-corrected chi connectivity index (χ1v) is 5.14. The Hall–Kier alpha value is -0.440. The first-order valence-electron chi connectivity index (χ1n) is 4.38. The highest BCUT2D eigenvalue weighted by molar-refractivity contribution is 6.34. The lowest BCUT2D eigenvalue weighted by atomic mass is 10.1. The molecule has 0 fully saturated rings. The standard InChI is InChI=1S/C10H13Cl2NO/c1-3-9(13)6-4-8(12)10(14-2)5-7(6)11/h4-5,9H,3,13H2,1-2H3/t9-/m1/s1. The number of methoxy groups -OCH3 is 1. The van der Waals surface area contributed by atoms with E-state index in [1.54, 1.807) is 19.2 Å². The molecule has 1 rings (SSSR count). The quantitative estimate of drug-likeness (QED) is 0.869. The molecule has 0 aliphatic heterocycles. The Morgan fingerprint density at radius 2 is 2.00 bits per heavy atom. The number of rotatable bonds is 3. The van der Waals surface area contributed by atoms with E-state index in [0.29, 0.717) is 15.8 Å². The zero-order chi connectivity index (χ0) is 10.7. The van der Waals surface area contributed by atoms with Crippen LogP contribution in [0.2, 0.25) is 10.0 Å². The average molecular weight is 234 g/mol. The van der Waals surface area contributed by atoms with Gasteiger partial charge in [0.2, 0.25) is 0 Å². The van der Waals surface area contributed by atoms with Crippen LogP contribution in [0, 0.1) is 0 Å². The summed E-state index contributed by atoms with van der Waals surface area (Å²) in [6.07, 6.45) is 0.822. The van der Waals surface area contributed by atoms with Crippen molar-refractivity contribution in [3.8, 4) is 5.75 Å². The summed E-state index contributed by atoms with van der Waals surface area (Å²) in [5.41, 5.74) is 6.73. The van der Waals surface area contributed by atoms with Gasteiger partial charge in [-0.1, -0.05) is 30.1 Å². The molecule has 4 heteroatoms. The largest absolute Gasteiger partial charge is 0.495 e. The van der Waals surface area contributed by atoms with Gasteiger partial charge < -0.3 is 10.5 Å². The van der Waals surface area contributed by atoms with E-state index in [9.17, 15) is 0 Å². The fourth-order valence-corrected chi connectivity index (χ4v) is 1.75. The maximum Gasteiger partial charge on any atom is 0.138 e. The summed E-state index contributed by atoms with van der Waals surface area (Å²) in [7, 11) is 1.55.